The number of carbonyl (C=O) groups excluding carboxylic acids is 1. The number of hydrogen-bond donors (Lipinski definition) is 0. The highest BCUT2D eigenvalue weighted by Gasteiger charge is 2.24. The van der Waals surface area contributed by atoms with Gasteiger partial charge in [0.15, 0.2) is 22.4 Å². The Morgan fingerprint density at radius 2 is 1.86 bits per heavy atom. The lowest BCUT2D eigenvalue weighted by molar-refractivity contribution is 0.0957. The third-order valence-corrected chi connectivity index (χ3v) is 5.67. The van der Waals surface area contributed by atoms with Crippen molar-refractivity contribution >= 4 is 32.6 Å². The van der Waals surface area contributed by atoms with E-state index in [4.69, 9.17) is 13.9 Å². The quantitative estimate of drug-likeness (QED) is 0.540. The SMILES string of the molecule is CCN(CC)CCN(C(=O)c1ccco1)c1nc2cc(OC)c(OC)cc2s1. The van der Waals surface area contributed by atoms with Crippen molar-refractivity contribution in [2.24, 2.45) is 0 Å². The summed E-state index contributed by atoms with van der Waals surface area (Å²) in [5.41, 5.74) is 0.762. The molecule has 0 bridgehead atoms. The highest BCUT2D eigenvalue weighted by atomic mass is 32.1. The van der Waals surface area contributed by atoms with E-state index in [1.165, 1.54) is 17.6 Å². The molecule has 0 atom stereocenters. The first-order valence-electron chi connectivity index (χ1n) is 9.21. The van der Waals surface area contributed by atoms with Gasteiger partial charge in [-0.05, 0) is 25.2 Å². The minimum absolute atomic E-state index is 0.199. The molecule has 2 heterocycles. The highest BCUT2D eigenvalue weighted by molar-refractivity contribution is 7.22. The lowest BCUT2D eigenvalue weighted by Crippen LogP contribution is -2.38. The topological polar surface area (TPSA) is 68.0 Å². The van der Waals surface area contributed by atoms with Crippen LogP contribution in [0.25, 0.3) is 10.2 Å². The average molecular weight is 404 g/mol. The van der Waals surface area contributed by atoms with Crippen molar-refractivity contribution in [2.75, 3.05) is 45.3 Å². The zero-order valence-electron chi connectivity index (χ0n) is 16.6. The second-order valence-corrected chi connectivity index (χ2v) is 7.14. The third-order valence-electron chi connectivity index (χ3n) is 4.62. The summed E-state index contributed by atoms with van der Waals surface area (Å²) in [6, 6.07) is 7.10. The molecule has 3 rings (SSSR count). The predicted molar refractivity (Wildman–Crippen MR) is 111 cm³/mol. The number of aromatic nitrogens is 1. The van der Waals surface area contributed by atoms with Crippen molar-refractivity contribution in [2.45, 2.75) is 13.8 Å². The van der Waals surface area contributed by atoms with Crippen LogP contribution in [0.3, 0.4) is 0 Å². The van der Waals surface area contributed by atoms with Gasteiger partial charge in [0, 0.05) is 25.2 Å². The summed E-state index contributed by atoms with van der Waals surface area (Å²) in [5, 5.41) is 0.624. The van der Waals surface area contributed by atoms with Gasteiger partial charge in [0.25, 0.3) is 5.91 Å². The molecule has 1 aromatic carbocycles. The molecule has 0 saturated carbocycles. The van der Waals surface area contributed by atoms with Gasteiger partial charge in [-0.1, -0.05) is 25.2 Å². The molecular formula is C20H25N3O4S. The minimum Gasteiger partial charge on any atom is -0.493 e. The largest absolute Gasteiger partial charge is 0.493 e. The van der Waals surface area contributed by atoms with Gasteiger partial charge < -0.3 is 18.8 Å². The number of furan rings is 1. The Kier molecular flexibility index (Phi) is 6.53. The van der Waals surface area contributed by atoms with E-state index in [1.54, 1.807) is 31.3 Å². The van der Waals surface area contributed by atoms with Gasteiger partial charge in [-0.25, -0.2) is 4.98 Å². The molecule has 0 aliphatic heterocycles. The van der Waals surface area contributed by atoms with Crippen LogP contribution in [-0.4, -0.2) is 56.2 Å². The zero-order valence-corrected chi connectivity index (χ0v) is 17.4. The molecule has 3 aromatic rings. The molecule has 2 aromatic heterocycles. The summed E-state index contributed by atoms with van der Waals surface area (Å²) in [6.45, 7) is 7.34. The fourth-order valence-corrected chi connectivity index (χ4v) is 3.96. The molecule has 1 amide bonds. The Morgan fingerprint density at radius 3 is 2.46 bits per heavy atom. The molecule has 0 fully saturated rings. The zero-order chi connectivity index (χ0) is 20.1. The first kappa shape index (κ1) is 20.2. The van der Waals surface area contributed by atoms with Gasteiger partial charge in [0.05, 0.1) is 30.7 Å². The predicted octanol–water partition coefficient (Wildman–Crippen LogP) is 3.90. The number of rotatable bonds is 9. The smallest absolute Gasteiger partial charge is 0.295 e. The van der Waals surface area contributed by atoms with Crippen molar-refractivity contribution in [1.82, 2.24) is 9.88 Å². The van der Waals surface area contributed by atoms with Crippen LogP contribution in [-0.2, 0) is 0 Å². The van der Waals surface area contributed by atoms with Gasteiger partial charge in [-0.2, -0.15) is 0 Å². The Hall–Kier alpha value is -2.58. The van der Waals surface area contributed by atoms with E-state index >= 15 is 0 Å². The molecule has 0 radical (unpaired) electrons. The van der Waals surface area contributed by atoms with Crippen molar-refractivity contribution in [1.29, 1.82) is 0 Å². The van der Waals surface area contributed by atoms with Crippen LogP contribution in [0.4, 0.5) is 5.13 Å². The van der Waals surface area contributed by atoms with E-state index in [2.05, 4.69) is 23.7 Å². The maximum atomic E-state index is 13.0. The van der Waals surface area contributed by atoms with Crippen molar-refractivity contribution < 1.29 is 18.7 Å². The van der Waals surface area contributed by atoms with Crippen molar-refractivity contribution in [3.05, 3.63) is 36.3 Å². The van der Waals surface area contributed by atoms with E-state index in [0.29, 0.717) is 28.9 Å². The lowest BCUT2D eigenvalue weighted by atomic mass is 10.3. The molecule has 0 unspecified atom stereocenters. The van der Waals surface area contributed by atoms with Crippen LogP contribution < -0.4 is 14.4 Å². The number of likely N-dealkylation sites (N-methyl/N-ethyl adjacent to an activating group) is 1. The number of amides is 1. The maximum absolute atomic E-state index is 13.0. The van der Waals surface area contributed by atoms with Crippen LogP contribution >= 0.6 is 11.3 Å². The Labute approximate surface area is 168 Å². The molecule has 8 heteroatoms. The number of anilines is 1. The van der Waals surface area contributed by atoms with E-state index in [9.17, 15) is 4.79 Å². The summed E-state index contributed by atoms with van der Waals surface area (Å²) in [4.78, 5) is 21.7. The van der Waals surface area contributed by atoms with Crippen LogP contribution in [0.15, 0.2) is 34.9 Å². The molecule has 0 saturated heterocycles. The van der Waals surface area contributed by atoms with E-state index in [1.807, 2.05) is 12.1 Å². The van der Waals surface area contributed by atoms with Crippen LogP contribution in [0, 0.1) is 0 Å². The van der Waals surface area contributed by atoms with Crippen LogP contribution in [0.5, 0.6) is 11.5 Å². The molecule has 0 spiro atoms. The summed E-state index contributed by atoms with van der Waals surface area (Å²) >= 11 is 1.44. The van der Waals surface area contributed by atoms with Gasteiger partial charge >= 0.3 is 0 Å². The summed E-state index contributed by atoms with van der Waals surface area (Å²) in [5.74, 6) is 1.35. The molecule has 0 aliphatic rings. The van der Waals surface area contributed by atoms with Crippen molar-refractivity contribution in [3.8, 4) is 11.5 Å². The van der Waals surface area contributed by atoms with Gasteiger partial charge in [0.2, 0.25) is 0 Å². The van der Waals surface area contributed by atoms with E-state index < -0.39 is 0 Å². The second-order valence-electron chi connectivity index (χ2n) is 6.13. The standard InChI is InChI=1S/C20H25N3O4S/c1-5-22(6-2)9-10-23(19(24)15-8-7-11-27-15)20-21-14-12-16(25-3)17(26-4)13-18(14)28-20/h7-8,11-13H,5-6,9-10H2,1-4H3. The number of hydrogen-bond acceptors (Lipinski definition) is 7. The first-order valence-corrected chi connectivity index (χ1v) is 10.0. The van der Waals surface area contributed by atoms with Crippen LogP contribution in [0.2, 0.25) is 0 Å². The molecule has 0 aliphatic carbocycles. The Bertz CT molecular complexity index is 878. The number of fused-ring (bicyclic) bond motifs is 1. The Morgan fingerprint density at radius 1 is 1.14 bits per heavy atom. The molecule has 28 heavy (non-hydrogen) atoms. The van der Waals surface area contributed by atoms with Gasteiger partial charge in [0.1, 0.15) is 0 Å². The normalized spacial score (nSPS) is 11.2. The van der Waals surface area contributed by atoms with Gasteiger partial charge in [-0.3, -0.25) is 9.69 Å². The second kappa shape index (κ2) is 9.07. The van der Waals surface area contributed by atoms with E-state index in [0.717, 1.165) is 29.9 Å². The maximum Gasteiger partial charge on any atom is 0.295 e. The summed E-state index contributed by atoms with van der Waals surface area (Å²) < 4.78 is 17.0. The van der Waals surface area contributed by atoms with Gasteiger partial charge in [-0.15, -0.1) is 0 Å². The molecule has 7 nitrogen and oxygen atoms in total. The summed E-state index contributed by atoms with van der Waals surface area (Å²) in [7, 11) is 3.19. The fraction of sp³-hybridized carbons (Fsp3) is 0.400. The Balaban J connectivity index is 1.97. The number of methoxy groups -OCH3 is 2. The third kappa shape index (κ3) is 4.13. The number of ether oxygens (including phenoxy) is 2. The number of carbonyl (C=O) groups is 1. The first-order chi connectivity index (χ1) is 13.6. The monoisotopic (exact) mass is 403 g/mol. The highest BCUT2D eigenvalue weighted by Crippen LogP contribution is 2.37. The number of thiazole rings is 1. The molecule has 0 N–H and O–H groups in total. The fourth-order valence-electron chi connectivity index (χ4n) is 2.96. The number of benzene rings is 1. The molecule has 150 valence electrons. The van der Waals surface area contributed by atoms with Crippen molar-refractivity contribution in [3.63, 3.8) is 0 Å². The lowest BCUT2D eigenvalue weighted by Gasteiger charge is -2.24. The van der Waals surface area contributed by atoms with E-state index in [-0.39, 0.29) is 5.91 Å². The summed E-state index contributed by atoms with van der Waals surface area (Å²) in [6.07, 6.45) is 1.50. The average Bonchev–Trinajstić information content (AvgIpc) is 3.39. The molecular weight excluding hydrogens is 378 g/mol. The van der Waals surface area contributed by atoms with Crippen LogP contribution in [0.1, 0.15) is 24.4 Å². The minimum atomic E-state index is -0.199. The number of nitrogens with zero attached hydrogens (tertiary/aromatic N) is 3.